The highest BCUT2D eigenvalue weighted by molar-refractivity contribution is 5.71. The van der Waals surface area contributed by atoms with E-state index in [1.807, 2.05) is 6.07 Å². The maximum Gasteiger partial charge on any atom is 0.162 e. The number of rotatable bonds is 8. The third-order valence-corrected chi connectivity index (χ3v) is 2.71. The fraction of sp³-hybridized carbons (Fsp3) is 0.538. The minimum absolute atomic E-state index is 0.249. The van der Waals surface area contributed by atoms with Crippen LogP contribution in [0.1, 0.15) is 19.3 Å². The number of anilines is 2. The van der Waals surface area contributed by atoms with Crippen LogP contribution in [0.2, 0.25) is 0 Å². The van der Waals surface area contributed by atoms with Crippen LogP contribution in [0.3, 0.4) is 0 Å². The summed E-state index contributed by atoms with van der Waals surface area (Å²) in [6.07, 6.45) is 2.83. The van der Waals surface area contributed by atoms with Gasteiger partial charge in [0.2, 0.25) is 0 Å². The minimum atomic E-state index is 0.249. The summed E-state index contributed by atoms with van der Waals surface area (Å²) in [6, 6.07) is 3.58. The van der Waals surface area contributed by atoms with Gasteiger partial charge >= 0.3 is 0 Å². The topological polar surface area (TPSA) is 76.7 Å². The number of ether oxygens (including phenoxy) is 2. The van der Waals surface area contributed by atoms with E-state index in [9.17, 15) is 0 Å². The highest BCUT2D eigenvalue weighted by atomic mass is 16.5. The van der Waals surface area contributed by atoms with Crippen molar-refractivity contribution in [2.75, 3.05) is 38.4 Å². The molecule has 0 radical (unpaired) electrons. The lowest BCUT2D eigenvalue weighted by Gasteiger charge is -2.14. The summed E-state index contributed by atoms with van der Waals surface area (Å²) >= 11 is 0. The molecule has 0 spiro atoms. The summed E-state index contributed by atoms with van der Waals surface area (Å²) in [7, 11) is 3.18. The second-order valence-corrected chi connectivity index (χ2v) is 4.01. The van der Waals surface area contributed by atoms with Crippen LogP contribution in [0.25, 0.3) is 0 Å². The average Bonchev–Trinajstić information content (AvgIpc) is 2.39. The third-order valence-electron chi connectivity index (χ3n) is 2.71. The summed E-state index contributed by atoms with van der Waals surface area (Å²) in [6.45, 7) is 1.07. The van der Waals surface area contributed by atoms with Gasteiger partial charge < -0.3 is 25.6 Å². The lowest BCUT2D eigenvalue weighted by molar-refractivity contribution is 0.283. The number of aliphatic hydroxyl groups excluding tert-OH is 1. The van der Waals surface area contributed by atoms with Crippen molar-refractivity contribution < 1.29 is 14.6 Å². The summed E-state index contributed by atoms with van der Waals surface area (Å²) in [4.78, 5) is 0. The number of aliphatic hydroxyl groups is 1. The molecule has 0 unspecified atom stereocenters. The number of methoxy groups -OCH3 is 2. The normalized spacial score (nSPS) is 10.2. The fourth-order valence-corrected chi connectivity index (χ4v) is 1.68. The van der Waals surface area contributed by atoms with Crippen molar-refractivity contribution in [1.82, 2.24) is 0 Å². The maximum atomic E-state index is 8.68. The minimum Gasteiger partial charge on any atom is -0.493 e. The zero-order valence-corrected chi connectivity index (χ0v) is 11.0. The number of unbranched alkanes of at least 4 members (excludes halogenated alkanes) is 2. The van der Waals surface area contributed by atoms with Crippen molar-refractivity contribution in [2.45, 2.75) is 19.3 Å². The number of benzene rings is 1. The monoisotopic (exact) mass is 254 g/mol. The molecule has 0 aliphatic carbocycles. The van der Waals surface area contributed by atoms with Gasteiger partial charge in [-0.2, -0.15) is 0 Å². The van der Waals surface area contributed by atoms with Gasteiger partial charge in [-0.05, 0) is 19.3 Å². The van der Waals surface area contributed by atoms with Crippen molar-refractivity contribution in [3.63, 3.8) is 0 Å². The molecule has 1 aromatic carbocycles. The Bertz CT molecular complexity index is 369. The van der Waals surface area contributed by atoms with Crippen molar-refractivity contribution in [2.24, 2.45) is 0 Å². The van der Waals surface area contributed by atoms with Crippen LogP contribution < -0.4 is 20.5 Å². The molecule has 5 nitrogen and oxygen atoms in total. The molecule has 0 saturated heterocycles. The molecule has 0 saturated carbocycles. The first-order chi connectivity index (χ1) is 8.72. The Kier molecular flexibility index (Phi) is 6.14. The molecule has 0 fully saturated rings. The largest absolute Gasteiger partial charge is 0.493 e. The second-order valence-electron chi connectivity index (χ2n) is 4.01. The molecule has 0 bridgehead atoms. The molecule has 0 heterocycles. The van der Waals surface area contributed by atoms with E-state index in [4.69, 9.17) is 20.3 Å². The van der Waals surface area contributed by atoms with Crippen molar-refractivity contribution >= 4 is 11.4 Å². The van der Waals surface area contributed by atoms with Crippen LogP contribution in [0.15, 0.2) is 12.1 Å². The van der Waals surface area contributed by atoms with E-state index in [1.165, 1.54) is 0 Å². The predicted octanol–water partition coefficient (Wildman–Crippen LogP) is 1.86. The van der Waals surface area contributed by atoms with Crippen LogP contribution in [-0.4, -0.2) is 32.5 Å². The maximum absolute atomic E-state index is 8.68. The molecule has 5 heteroatoms. The van der Waals surface area contributed by atoms with E-state index in [1.54, 1.807) is 20.3 Å². The zero-order valence-electron chi connectivity index (χ0n) is 11.0. The molecule has 0 aliphatic heterocycles. The molecule has 18 heavy (non-hydrogen) atoms. The first kappa shape index (κ1) is 14.4. The zero-order chi connectivity index (χ0) is 13.4. The van der Waals surface area contributed by atoms with Crippen LogP contribution in [0.5, 0.6) is 11.5 Å². The highest BCUT2D eigenvalue weighted by Gasteiger charge is 2.08. The number of hydrogen-bond donors (Lipinski definition) is 3. The number of nitrogens with two attached hydrogens (primary N) is 1. The van der Waals surface area contributed by atoms with Gasteiger partial charge in [0.25, 0.3) is 0 Å². The van der Waals surface area contributed by atoms with E-state index >= 15 is 0 Å². The molecule has 102 valence electrons. The van der Waals surface area contributed by atoms with Gasteiger partial charge in [0.15, 0.2) is 11.5 Å². The third kappa shape index (κ3) is 4.00. The number of nitrogens with one attached hydrogen (secondary N) is 1. The fourth-order valence-electron chi connectivity index (χ4n) is 1.68. The molecule has 0 aliphatic rings. The first-order valence-electron chi connectivity index (χ1n) is 6.09. The van der Waals surface area contributed by atoms with Crippen molar-refractivity contribution in [3.8, 4) is 11.5 Å². The Labute approximate surface area is 108 Å². The van der Waals surface area contributed by atoms with Crippen molar-refractivity contribution in [1.29, 1.82) is 0 Å². The van der Waals surface area contributed by atoms with Gasteiger partial charge in [0, 0.05) is 25.3 Å². The van der Waals surface area contributed by atoms with Gasteiger partial charge in [-0.1, -0.05) is 0 Å². The SMILES string of the molecule is COc1cc(N)c(NCCCCCO)cc1OC. The molecular weight excluding hydrogens is 232 g/mol. The van der Waals surface area contributed by atoms with Gasteiger partial charge in [-0.3, -0.25) is 0 Å². The van der Waals surface area contributed by atoms with E-state index < -0.39 is 0 Å². The Morgan fingerprint density at radius 1 is 1.11 bits per heavy atom. The lowest BCUT2D eigenvalue weighted by Crippen LogP contribution is -2.05. The van der Waals surface area contributed by atoms with Gasteiger partial charge in [0.05, 0.1) is 25.6 Å². The van der Waals surface area contributed by atoms with Gasteiger partial charge in [0.1, 0.15) is 0 Å². The summed E-state index contributed by atoms with van der Waals surface area (Å²) in [5.41, 5.74) is 7.40. The molecule has 0 atom stereocenters. The van der Waals surface area contributed by atoms with E-state index in [-0.39, 0.29) is 6.61 Å². The molecule has 4 N–H and O–H groups in total. The predicted molar refractivity (Wildman–Crippen MR) is 73.4 cm³/mol. The molecule has 0 aromatic heterocycles. The quantitative estimate of drug-likeness (QED) is 0.487. The van der Waals surface area contributed by atoms with Gasteiger partial charge in [-0.25, -0.2) is 0 Å². The molecule has 1 rings (SSSR count). The van der Waals surface area contributed by atoms with E-state index in [2.05, 4.69) is 5.32 Å². The Morgan fingerprint density at radius 3 is 2.39 bits per heavy atom. The van der Waals surface area contributed by atoms with Crippen LogP contribution in [0.4, 0.5) is 11.4 Å². The van der Waals surface area contributed by atoms with E-state index in [0.717, 1.165) is 31.5 Å². The van der Waals surface area contributed by atoms with Crippen LogP contribution in [0, 0.1) is 0 Å². The van der Waals surface area contributed by atoms with E-state index in [0.29, 0.717) is 17.2 Å². The number of nitrogen functional groups attached to an aromatic ring is 1. The van der Waals surface area contributed by atoms with Crippen LogP contribution >= 0.6 is 0 Å². The summed E-state index contributed by atoms with van der Waals surface area (Å²) < 4.78 is 10.4. The average molecular weight is 254 g/mol. The molecule has 0 amide bonds. The molecule has 1 aromatic rings. The standard InChI is InChI=1S/C13H22N2O3/c1-17-12-8-10(14)11(9-13(12)18-2)15-6-4-3-5-7-16/h8-9,15-16H,3-7,14H2,1-2H3. The summed E-state index contributed by atoms with van der Waals surface area (Å²) in [5.74, 6) is 1.28. The van der Waals surface area contributed by atoms with Gasteiger partial charge in [-0.15, -0.1) is 0 Å². The second kappa shape index (κ2) is 7.66. The number of hydrogen-bond acceptors (Lipinski definition) is 5. The highest BCUT2D eigenvalue weighted by Crippen LogP contribution is 2.34. The smallest absolute Gasteiger partial charge is 0.162 e. The Hall–Kier alpha value is -1.62. The van der Waals surface area contributed by atoms with Crippen LogP contribution in [-0.2, 0) is 0 Å². The Balaban J connectivity index is 2.59. The Morgan fingerprint density at radius 2 is 1.78 bits per heavy atom. The first-order valence-corrected chi connectivity index (χ1v) is 6.09. The van der Waals surface area contributed by atoms with Crippen molar-refractivity contribution in [3.05, 3.63) is 12.1 Å². The lowest BCUT2D eigenvalue weighted by atomic mass is 10.2. The summed E-state index contributed by atoms with van der Waals surface area (Å²) in [5, 5.41) is 11.9. The molecular formula is C13H22N2O3.